The number of pyridine rings is 1. The Morgan fingerprint density at radius 1 is 1.48 bits per heavy atom. The first-order chi connectivity index (χ1) is 10.2. The van der Waals surface area contributed by atoms with Gasteiger partial charge in [-0.15, -0.1) is 0 Å². The number of nitrogens with one attached hydrogen (secondary N) is 1. The molecule has 1 atom stereocenters. The fraction of sp³-hybridized carbons (Fsp3) is 0.571. The van der Waals surface area contributed by atoms with Crippen LogP contribution < -0.4 is 15.6 Å². The van der Waals surface area contributed by atoms with Gasteiger partial charge in [-0.05, 0) is 6.42 Å². The summed E-state index contributed by atoms with van der Waals surface area (Å²) in [7, 11) is 0. The van der Waals surface area contributed by atoms with Crippen LogP contribution in [0.1, 0.15) is 30.3 Å². The van der Waals surface area contributed by atoms with Crippen molar-refractivity contribution >= 4 is 5.91 Å². The lowest BCUT2D eigenvalue weighted by atomic mass is 10.2. The molecule has 1 aromatic heterocycles. The summed E-state index contributed by atoms with van der Waals surface area (Å²) in [6.45, 7) is 3.93. The van der Waals surface area contributed by atoms with E-state index >= 15 is 0 Å². The third-order valence-corrected chi connectivity index (χ3v) is 3.68. The highest BCUT2D eigenvalue weighted by Gasteiger charge is 2.36. The van der Waals surface area contributed by atoms with E-state index in [1.807, 2.05) is 6.92 Å². The van der Waals surface area contributed by atoms with E-state index in [1.165, 1.54) is 6.07 Å². The molecule has 3 heterocycles. The predicted octanol–water partition coefficient (Wildman–Crippen LogP) is 0.383. The van der Waals surface area contributed by atoms with E-state index in [-0.39, 0.29) is 28.9 Å². The number of hydrogen-bond donors (Lipinski definition) is 1. The second kappa shape index (κ2) is 5.77. The van der Waals surface area contributed by atoms with E-state index in [0.717, 1.165) is 12.8 Å². The van der Waals surface area contributed by atoms with Crippen molar-refractivity contribution in [3.05, 3.63) is 28.2 Å². The molecule has 2 aliphatic rings. The standard InChI is InChI=1S/C14H19N3O4/c1-2-3-7-21-13-10(18)4-5-17-12(13)14(19)16-6-8-20-9-11(16)15-17/h4-5,11,15H,2-3,6-9H2,1H3. The second-order valence-electron chi connectivity index (χ2n) is 5.15. The van der Waals surface area contributed by atoms with Crippen molar-refractivity contribution in [1.29, 1.82) is 0 Å². The van der Waals surface area contributed by atoms with Crippen LogP contribution in [-0.4, -0.2) is 48.0 Å². The number of carbonyl (C=O) groups is 1. The van der Waals surface area contributed by atoms with Crippen molar-refractivity contribution in [3.8, 4) is 5.75 Å². The van der Waals surface area contributed by atoms with Gasteiger partial charge < -0.3 is 19.8 Å². The molecule has 1 aromatic rings. The topological polar surface area (TPSA) is 72.8 Å². The third kappa shape index (κ3) is 2.49. The lowest BCUT2D eigenvalue weighted by molar-refractivity contribution is -0.00324. The number of nitrogens with zero attached hydrogens (tertiary/aromatic N) is 2. The minimum absolute atomic E-state index is 0.133. The molecule has 1 N–H and O–H groups in total. The van der Waals surface area contributed by atoms with Gasteiger partial charge in [0.25, 0.3) is 5.91 Å². The molecule has 1 unspecified atom stereocenters. The van der Waals surface area contributed by atoms with Crippen molar-refractivity contribution in [3.63, 3.8) is 0 Å². The number of carbonyl (C=O) groups excluding carboxylic acids is 1. The summed E-state index contributed by atoms with van der Waals surface area (Å²) >= 11 is 0. The molecule has 7 nitrogen and oxygen atoms in total. The number of hydrogen-bond acceptors (Lipinski definition) is 5. The van der Waals surface area contributed by atoms with Gasteiger partial charge in [0.05, 0.1) is 19.8 Å². The first-order valence-corrected chi connectivity index (χ1v) is 7.26. The Morgan fingerprint density at radius 3 is 3.14 bits per heavy atom. The van der Waals surface area contributed by atoms with Crippen LogP contribution in [0.2, 0.25) is 0 Å². The van der Waals surface area contributed by atoms with Gasteiger partial charge in [-0.1, -0.05) is 13.3 Å². The van der Waals surface area contributed by atoms with Gasteiger partial charge in [0.15, 0.2) is 11.4 Å². The van der Waals surface area contributed by atoms with Crippen LogP contribution in [0.15, 0.2) is 17.1 Å². The average Bonchev–Trinajstić information content (AvgIpc) is 2.50. The van der Waals surface area contributed by atoms with Gasteiger partial charge in [0.2, 0.25) is 5.43 Å². The summed E-state index contributed by atoms with van der Waals surface area (Å²) in [6, 6.07) is 1.41. The third-order valence-electron chi connectivity index (χ3n) is 3.68. The Bertz CT molecular complexity index is 598. The highest BCUT2D eigenvalue weighted by Crippen LogP contribution is 2.22. The Balaban J connectivity index is 1.96. The highest BCUT2D eigenvalue weighted by molar-refractivity contribution is 5.96. The minimum Gasteiger partial charge on any atom is -0.487 e. The molecule has 0 aliphatic carbocycles. The van der Waals surface area contributed by atoms with Crippen LogP contribution in [0.3, 0.4) is 0 Å². The predicted molar refractivity (Wildman–Crippen MR) is 76.1 cm³/mol. The maximum atomic E-state index is 12.6. The molecule has 0 aromatic carbocycles. The Hall–Kier alpha value is -2.02. The van der Waals surface area contributed by atoms with Crippen molar-refractivity contribution in [2.24, 2.45) is 0 Å². The van der Waals surface area contributed by atoms with E-state index < -0.39 is 0 Å². The fourth-order valence-corrected chi connectivity index (χ4v) is 2.53. The average molecular weight is 293 g/mol. The molecule has 1 fully saturated rings. The van der Waals surface area contributed by atoms with E-state index in [1.54, 1.807) is 15.8 Å². The van der Waals surface area contributed by atoms with Crippen LogP contribution in [0.4, 0.5) is 0 Å². The Morgan fingerprint density at radius 2 is 2.33 bits per heavy atom. The molecule has 1 saturated heterocycles. The molecule has 0 radical (unpaired) electrons. The van der Waals surface area contributed by atoms with Gasteiger partial charge in [-0.25, -0.2) is 0 Å². The number of amides is 1. The van der Waals surface area contributed by atoms with Crippen LogP contribution in [0.25, 0.3) is 0 Å². The molecule has 0 spiro atoms. The van der Waals surface area contributed by atoms with Gasteiger partial charge in [-0.3, -0.25) is 14.3 Å². The van der Waals surface area contributed by atoms with Crippen molar-refractivity contribution in [1.82, 2.24) is 9.58 Å². The van der Waals surface area contributed by atoms with E-state index in [0.29, 0.717) is 26.4 Å². The van der Waals surface area contributed by atoms with E-state index in [4.69, 9.17) is 9.47 Å². The fourth-order valence-electron chi connectivity index (χ4n) is 2.53. The largest absolute Gasteiger partial charge is 0.487 e. The maximum Gasteiger partial charge on any atom is 0.278 e. The summed E-state index contributed by atoms with van der Waals surface area (Å²) in [5.74, 6) is -0.0559. The number of rotatable bonds is 4. The molecule has 2 aliphatic heterocycles. The van der Waals surface area contributed by atoms with E-state index in [9.17, 15) is 9.59 Å². The zero-order valence-electron chi connectivity index (χ0n) is 12.0. The lowest BCUT2D eigenvalue weighted by Crippen LogP contribution is -2.59. The van der Waals surface area contributed by atoms with Crippen LogP contribution >= 0.6 is 0 Å². The van der Waals surface area contributed by atoms with Crippen LogP contribution in [0.5, 0.6) is 5.75 Å². The smallest absolute Gasteiger partial charge is 0.278 e. The molecule has 0 saturated carbocycles. The van der Waals surface area contributed by atoms with Crippen LogP contribution in [0, 0.1) is 0 Å². The summed E-state index contributed by atoms with van der Waals surface area (Å²) in [4.78, 5) is 26.4. The van der Waals surface area contributed by atoms with Gasteiger partial charge in [0.1, 0.15) is 6.17 Å². The monoisotopic (exact) mass is 293 g/mol. The molecular formula is C14H19N3O4. The molecule has 0 bridgehead atoms. The van der Waals surface area contributed by atoms with Crippen molar-refractivity contribution in [2.45, 2.75) is 25.9 Å². The number of ether oxygens (including phenoxy) is 2. The SMILES string of the molecule is CCCCOc1c2n(ccc1=O)NC1COCCN1C2=O. The van der Waals surface area contributed by atoms with Gasteiger partial charge >= 0.3 is 0 Å². The zero-order valence-corrected chi connectivity index (χ0v) is 12.0. The van der Waals surface area contributed by atoms with Crippen molar-refractivity contribution in [2.75, 3.05) is 31.8 Å². The van der Waals surface area contributed by atoms with Crippen molar-refractivity contribution < 1.29 is 14.3 Å². The van der Waals surface area contributed by atoms with Gasteiger partial charge in [0, 0.05) is 18.8 Å². The second-order valence-corrected chi connectivity index (χ2v) is 5.15. The zero-order chi connectivity index (χ0) is 14.8. The Labute approximate surface area is 122 Å². The number of morpholine rings is 1. The Kier molecular flexibility index (Phi) is 3.83. The first-order valence-electron chi connectivity index (χ1n) is 7.26. The van der Waals surface area contributed by atoms with E-state index in [2.05, 4.69) is 5.43 Å². The summed E-state index contributed by atoms with van der Waals surface area (Å²) in [6.07, 6.45) is 3.17. The lowest BCUT2D eigenvalue weighted by Gasteiger charge is -2.41. The molecule has 3 rings (SSSR count). The number of aromatic nitrogens is 1. The first kappa shape index (κ1) is 13.9. The molecular weight excluding hydrogens is 274 g/mol. The summed E-state index contributed by atoms with van der Waals surface area (Å²) in [5, 5.41) is 0. The molecule has 21 heavy (non-hydrogen) atoms. The van der Waals surface area contributed by atoms with Crippen LogP contribution in [-0.2, 0) is 4.74 Å². The summed E-state index contributed by atoms with van der Waals surface area (Å²) in [5.41, 5.74) is 3.18. The maximum absolute atomic E-state index is 12.6. The molecule has 1 amide bonds. The minimum atomic E-state index is -0.265. The quantitative estimate of drug-likeness (QED) is 0.813. The number of unbranched alkanes of at least 4 members (excludes halogenated alkanes) is 1. The normalized spacial score (nSPS) is 20.5. The highest BCUT2D eigenvalue weighted by atomic mass is 16.5. The summed E-state index contributed by atoms with van der Waals surface area (Å²) < 4.78 is 12.5. The number of fused-ring (bicyclic) bond motifs is 2. The van der Waals surface area contributed by atoms with Gasteiger partial charge in [-0.2, -0.15) is 0 Å². The molecule has 114 valence electrons. The molecule has 7 heteroatoms.